The molecule has 0 atom stereocenters. The Kier molecular flexibility index (Phi) is 9.63. The summed E-state index contributed by atoms with van der Waals surface area (Å²) in [4.78, 5) is 13.3. The Morgan fingerprint density at radius 2 is 1.33 bits per heavy atom. The smallest absolute Gasteiger partial charge is 0.128 e. The summed E-state index contributed by atoms with van der Waals surface area (Å²) in [6.07, 6.45) is 6.58. The maximum absolute atomic E-state index is 6.31. The van der Waals surface area contributed by atoms with Crippen molar-refractivity contribution in [3.63, 3.8) is 0 Å². The van der Waals surface area contributed by atoms with Crippen LogP contribution in [0.1, 0.15) is 32.0 Å². The Labute approximate surface area is 295 Å². The second-order valence-electron chi connectivity index (χ2n) is 13.0. The number of fused-ring (bicyclic) bond motifs is 5. The van der Waals surface area contributed by atoms with E-state index in [1.54, 1.807) is 6.20 Å². The van der Waals surface area contributed by atoms with Gasteiger partial charge in [0.1, 0.15) is 5.58 Å². The van der Waals surface area contributed by atoms with Crippen molar-refractivity contribution in [3.8, 4) is 33.6 Å². The van der Waals surface area contributed by atoms with Gasteiger partial charge in [-0.25, -0.2) is 0 Å². The minimum atomic E-state index is 0. The van der Waals surface area contributed by atoms with Crippen molar-refractivity contribution in [2.24, 2.45) is 5.41 Å². The van der Waals surface area contributed by atoms with Crippen molar-refractivity contribution in [2.45, 2.75) is 34.1 Å². The van der Waals surface area contributed by atoms with Crippen LogP contribution < -0.4 is 0 Å². The first-order valence-electron chi connectivity index (χ1n) is 15.9. The Morgan fingerprint density at radius 3 is 2.08 bits per heavy atom. The number of pyridine rings is 3. The molecule has 4 heterocycles. The van der Waals surface area contributed by atoms with Gasteiger partial charge < -0.3 is 14.4 Å². The molecule has 0 aliphatic heterocycles. The number of furan rings is 1. The predicted molar refractivity (Wildman–Crippen MR) is 193 cm³/mol. The maximum atomic E-state index is 6.31. The summed E-state index contributed by atoms with van der Waals surface area (Å²) >= 11 is 0. The molecule has 239 valence electrons. The van der Waals surface area contributed by atoms with Crippen molar-refractivity contribution >= 4 is 32.7 Å². The van der Waals surface area contributed by atoms with Gasteiger partial charge in [0.05, 0.1) is 5.58 Å². The number of aromatic nitrogens is 3. The van der Waals surface area contributed by atoms with Crippen LogP contribution in [-0.2, 0) is 26.5 Å². The zero-order valence-electron chi connectivity index (χ0n) is 27.4. The molecule has 0 unspecified atom stereocenters. The van der Waals surface area contributed by atoms with Crippen molar-refractivity contribution < 1.29 is 24.5 Å². The monoisotopic (exact) mass is 802 g/mol. The van der Waals surface area contributed by atoms with Crippen LogP contribution in [0.15, 0.2) is 132 Å². The molecule has 0 aliphatic carbocycles. The molecule has 48 heavy (non-hydrogen) atoms. The third-order valence-electron chi connectivity index (χ3n) is 8.23. The second-order valence-corrected chi connectivity index (χ2v) is 13.0. The Hall–Kier alpha value is -4.96. The number of hydrogen-bond donors (Lipinski definition) is 0. The molecule has 0 saturated carbocycles. The van der Waals surface area contributed by atoms with E-state index in [0.29, 0.717) is 5.41 Å². The van der Waals surface area contributed by atoms with E-state index >= 15 is 0 Å². The summed E-state index contributed by atoms with van der Waals surface area (Å²) in [5, 5.41) is 4.39. The van der Waals surface area contributed by atoms with Gasteiger partial charge in [-0.15, -0.1) is 54.1 Å². The molecular formula is C43H35IrN3O-2. The summed E-state index contributed by atoms with van der Waals surface area (Å²) in [5.41, 5.74) is 10.6. The van der Waals surface area contributed by atoms with Crippen LogP contribution in [0.25, 0.3) is 66.4 Å². The average Bonchev–Trinajstić information content (AvgIpc) is 3.49. The van der Waals surface area contributed by atoms with Crippen LogP contribution in [0.4, 0.5) is 0 Å². The largest absolute Gasteiger partial charge is 0.500 e. The summed E-state index contributed by atoms with van der Waals surface area (Å²) in [6, 6.07) is 43.6. The summed E-state index contributed by atoms with van der Waals surface area (Å²) < 4.78 is 6.31. The van der Waals surface area contributed by atoms with E-state index in [4.69, 9.17) is 4.42 Å². The Morgan fingerprint density at radius 1 is 0.604 bits per heavy atom. The fourth-order valence-electron chi connectivity index (χ4n) is 6.04. The zero-order chi connectivity index (χ0) is 32.4. The third-order valence-corrected chi connectivity index (χ3v) is 8.23. The molecule has 0 spiro atoms. The van der Waals surface area contributed by atoms with Gasteiger partial charge in [0, 0.05) is 60.5 Å². The van der Waals surface area contributed by atoms with Gasteiger partial charge >= 0.3 is 0 Å². The molecule has 0 saturated heterocycles. The van der Waals surface area contributed by atoms with Gasteiger partial charge in [-0.05, 0) is 65.0 Å². The van der Waals surface area contributed by atoms with Gasteiger partial charge in [-0.3, -0.25) is 4.98 Å². The first kappa shape index (κ1) is 33.0. The van der Waals surface area contributed by atoms with Crippen LogP contribution >= 0.6 is 0 Å². The first-order chi connectivity index (χ1) is 22.8. The van der Waals surface area contributed by atoms with Gasteiger partial charge in [0.2, 0.25) is 0 Å². The quantitative estimate of drug-likeness (QED) is 0.166. The molecule has 0 bridgehead atoms. The fourth-order valence-corrected chi connectivity index (χ4v) is 6.04. The van der Waals surface area contributed by atoms with Gasteiger partial charge in [0.15, 0.2) is 0 Å². The van der Waals surface area contributed by atoms with E-state index in [9.17, 15) is 0 Å². The van der Waals surface area contributed by atoms with Crippen LogP contribution in [0, 0.1) is 24.5 Å². The average molecular weight is 802 g/mol. The van der Waals surface area contributed by atoms with E-state index in [1.807, 2.05) is 80.0 Å². The van der Waals surface area contributed by atoms with Crippen molar-refractivity contribution in [2.75, 3.05) is 0 Å². The van der Waals surface area contributed by atoms with Crippen LogP contribution in [0.5, 0.6) is 0 Å². The van der Waals surface area contributed by atoms with E-state index in [2.05, 4.69) is 96.4 Å². The van der Waals surface area contributed by atoms with Crippen LogP contribution in [0.2, 0.25) is 0 Å². The number of rotatable bonds is 4. The van der Waals surface area contributed by atoms with E-state index in [-0.39, 0.29) is 20.1 Å². The molecule has 0 fully saturated rings. The molecule has 8 rings (SSSR count). The molecule has 0 amide bonds. The molecule has 1 radical (unpaired) electrons. The number of aryl methyl sites for hydroxylation is 1. The molecule has 4 nitrogen and oxygen atoms in total. The Balaban J connectivity index is 0.000000164. The summed E-state index contributed by atoms with van der Waals surface area (Å²) in [5.74, 6) is 0. The maximum Gasteiger partial charge on any atom is 0.128 e. The third kappa shape index (κ3) is 6.99. The molecule has 4 aromatic carbocycles. The van der Waals surface area contributed by atoms with E-state index in [1.165, 1.54) is 16.7 Å². The predicted octanol–water partition coefficient (Wildman–Crippen LogP) is 11.1. The molecule has 8 aromatic rings. The topological polar surface area (TPSA) is 51.8 Å². The SMILES string of the molecule is CC(C)(C)Cc1ccc(-c2ccnc(-c3[c-]cccc3)c2)cc1.Cc1nccc2c1ccc1c3cc[c-]c(-c4ccccn4)c3oc21.[Ir]. The number of nitrogens with zero attached hydrogens (tertiary/aromatic N) is 3. The van der Waals surface area contributed by atoms with Gasteiger partial charge in [-0.2, -0.15) is 0 Å². The van der Waals surface area contributed by atoms with Gasteiger partial charge in [-0.1, -0.05) is 86.3 Å². The van der Waals surface area contributed by atoms with Crippen LogP contribution in [0.3, 0.4) is 0 Å². The molecule has 5 heteroatoms. The van der Waals surface area contributed by atoms with Crippen molar-refractivity contribution in [1.82, 2.24) is 15.0 Å². The summed E-state index contributed by atoms with van der Waals surface area (Å²) in [6.45, 7) is 8.83. The first-order valence-corrected chi connectivity index (χ1v) is 15.9. The summed E-state index contributed by atoms with van der Waals surface area (Å²) in [7, 11) is 0. The van der Waals surface area contributed by atoms with Crippen molar-refractivity contribution in [1.29, 1.82) is 0 Å². The standard InChI is InChI=1S/C22H22N.C21H13N2O.Ir/c1-22(2,3)16-17-9-11-18(12-10-17)20-13-14-23-21(15-20)19-7-5-4-6-8-19;1-13-14-8-9-16-15-5-4-6-18(19-7-2-3-11-23-19)21(15)24-20(16)17(14)10-12-22-13;/h4-7,9-15H,16H2,1-3H3;2-5,7-12H,1H3;/q2*-1;. The molecule has 0 N–H and O–H groups in total. The molecule has 0 aliphatic rings. The van der Waals surface area contributed by atoms with Crippen molar-refractivity contribution in [3.05, 3.63) is 151 Å². The number of hydrogen-bond acceptors (Lipinski definition) is 4. The zero-order valence-corrected chi connectivity index (χ0v) is 29.8. The minimum Gasteiger partial charge on any atom is -0.500 e. The minimum absolute atomic E-state index is 0. The second kappa shape index (κ2) is 14.0. The fraction of sp³-hybridized carbons (Fsp3) is 0.140. The van der Waals surface area contributed by atoms with Crippen LogP contribution in [-0.4, -0.2) is 15.0 Å². The normalized spacial score (nSPS) is 11.2. The van der Waals surface area contributed by atoms with E-state index < -0.39 is 0 Å². The van der Waals surface area contributed by atoms with Gasteiger partial charge in [0.25, 0.3) is 0 Å². The molecular weight excluding hydrogens is 767 g/mol. The number of benzene rings is 4. The van der Waals surface area contributed by atoms with E-state index in [0.717, 1.165) is 67.3 Å². The molecule has 4 aromatic heterocycles. The Bertz CT molecular complexity index is 2310.